The van der Waals surface area contributed by atoms with E-state index in [0.29, 0.717) is 29.5 Å². The van der Waals surface area contributed by atoms with E-state index in [9.17, 15) is 4.79 Å². The number of nitrogens with zero attached hydrogens (tertiary/aromatic N) is 4. The molecule has 0 aliphatic heterocycles. The van der Waals surface area contributed by atoms with E-state index >= 15 is 0 Å². The van der Waals surface area contributed by atoms with Gasteiger partial charge in [0.2, 0.25) is 11.7 Å². The van der Waals surface area contributed by atoms with E-state index in [1.165, 1.54) is 0 Å². The highest BCUT2D eigenvalue weighted by Crippen LogP contribution is 2.41. The van der Waals surface area contributed by atoms with Gasteiger partial charge in [-0.3, -0.25) is 9.48 Å². The van der Waals surface area contributed by atoms with Gasteiger partial charge in [0.05, 0.1) is 44.2 Å². The third-order valence-corrected chi connectivity index (χ3v) is 5.88. The molecule has 0 radical (unpaired) electrons. The minimum atomic E-state index is -0.132. The SMILES string of the molecule is COc1cc(N(Cc2cn(C)c3ccccc23)C(=O)Cn2cc(Br)cn2)cc(OC)c1OC. The fourth-order valence-electron chi connectivity index (χ4n) is 3.92. The normalized spacial score (nSPS) is 10.9. The van der Waals surface area contributed by atoms with Crippen LogP contribution < -0.4 is 19.1 Å². The van der Waals surface area contributed by atoms with Crippen molar-refractivity contribution in [1.29, 1.82) is 0 Å². The molecular weight excluding hydrogens is 488 g/mol. The molecule has 172 valence electrons. The molecule has 0 atom stereocenters. The molecule has 0 saturated carbocycles. The van der Waals surface area contributed by atoms with Crippen LogP contribution in [0.25, 0.3) is 10.9 Å². The van der Waals surface area contributed by atoms with E-state index in [1.807, 2.05) is 25.4 Å². The molecule has 0 N–H and O–H groups in total. The Morgan fingerprint density at radius 2 is 1.76 bits per heavy atom. The Balaban J connectivity index is 1.79. The number of anilines is 1. The van der Waals surface area contributed by atoms with Crippen LogP contribution in [0.5, 0.6) is 17.2 Å². The van der Waals surface area contributed by atoms with Crippen molar-refractivity contribution in [2.24, 2.45) is 7.05 Å². The quantitative estimate of drug-likeness (QED) is 0.350. The monoisotopic (exact) mass is 512 g/mol. The largest absolute Gasteiger partial charge is 0.493 e. The van der Waals surface area contributed by atoms with Crippen LogP contribution in [0.1, 0.15) is 5.56 Å². The van der Waals surface area contributed by atoms with Crippen molar-refractivity contribution in [3.05, 3.63) is 65.0 Å². The Kier molecular flexibility index (Phi) is 6.60. The third-order valence-electron chi connectivity index (χ3n) is 5.47. The molecule has 2 aromatic carbocycles. The molecule has 9 heteroatoms. The smallest absolute Gasteiger partial charge is 0.249 e. The van der Waals surface area contributed by atoms with Crippen molar-refractivity contribution < 1.29 is 19.0 Å². The minimum absolute atomic E-state index is 0.0764. The summed E-state index contributed by atoms with van der Waals surface area (Å²) in [7, 11) is 6.66. The molecule has 0 aliphatic carbocycles. The van der Waals surface area contributed by atoms with Gasteiger partial charge < -0.3 is 23.7 Å². The predicted molar refractivity (Wildman–Crippen MR) is 130 cm³/mol. The molecule has 4 rings (SSSR count). The summed E-state index contributed by atoms with van der Waals surface area (Å²) < 4.78 is 21.0. The number of ether oxygens (including phenoxy) is 3. The Morgan fingerprint density at radius 1 is 1.06 bits per heavy atom. The van der Waals surface area contributed by atoms with Crippen LogP contribution in [0.2, 0.25) is 0 Å². The first kappa shape index (κ1) is 22.7. The predicted octanol–water partition coefficient (Wildman–Crippen LogP) is 4.40. The number of carbonyl (C=O) groups is 1. The Bertz CT molecular complexity index is 1270. The standard InChI is InChI=1S/C24H25BrN4O4/c1-27-12-16(19-7-5-6-8-20(19)27)13-29(23(30)15-28-14-17(25)11-26-28)18-9-21(31-2)24(33-4)22(10-18)32-3/h5-12,14H,13,15H2,1-4H3. The van der Waals surface area contributed by atoms with Crippen molar-refractivity contribution in [2.45, 2.75) is 13.1 Å². The summed E-state index contributed by atoms with van der Waals surface area (Å²) in [5, 5.41) is 5.33. The molecule has 0 fully saturated rings. The molecule has 8 nitrogen and oxygen atoms in total. The summed E-state index contributed by atoms with van der Waals surface area (Å²) in [6, 6.07) is 11.7. The van der Waals surface area contributed by atoms with Crippen molar-refractivity contribution in [1.82, 2.24) is 14.3 Å². The van der Waals surface area contributed by atoms with Gasteiger partial charge in [-0.1, -0.05) is 18.2 Å². The topological polar surface area (TPSA) is 70.8 Å². The molecule has 0 spiro atoms. The fraction of sp³-hybridized carbons (Fsp3) is 0.250. The number of hydrogen-bond acceptors (Lipinski definition) is 5. The average Bonchev–Trinajstić information content (AvgIpc) is 3.38. The molecule has 1 amide bonds. The number of aromatic nitrogens is 3. The van der Waals surface area contributed by atoms with Gasteiger partial charge in [0, 0.05) is 42.5 Å². The fourth-order valence-corrected chi connectivity index (χ4v) is 4.25. The zero-order valence-electron chi connectivity index (χ0n) is 18.9. The first-order chi connectivity index (χ1) is 15.9. The number of aryl methyl sites for hydroxylation is 1. The number of benzene rings is 2. The Hall–Kier alpha value is -3.46. The number of fused-ring (bicyclic) bond motifs is 1. The number of methoxy groups -OCH3 is 3. The molecule has 0 saturated heterocycles. The number of amides is 1. The molecule has 4 aromatic rings. The van der Waals surface area contributed by atoms with Crippen LogP contribution in [0.4, 0.5) is 5.69 Å². The summed E-state index contributed by atoms with van der Waals surface area (Å²) in [5.74, 6) is 1.29. The lowest BCUT2D eigenvalue weighted by Gasteiger charge is -2.25. The Labute approximate surface area is 200 Å². The zero-order chi connectivity index (χ0) is 23.5. The molecule has 2 heterocycles. The lowest BCUT2D eigenvalue weighted by atomic mass is 10.1. The number of para-hydroxylation sites is 1. The highest BCUT2D eigenvalue weighted by atomic mass is 79.9. The average molecular weight is 513 g/mol. The number of halogens is 1. The highest BCUT2D eigenvalue weighted by Gasteiger charge is 2.23. The second kappa shape index (κ2) is 9.58. The van der Waals surface area contributed by atoms with Crippen LogP contribution >= 0.6 is 15.9 Å². The van der Waals surface area contributed by atoms with Crippen molar-refractivity contribution in [2.75, 3.05) is 26.2 Å². The summed E-state index contributed by atoms with van der Waals surface area (Å²) >= 11 is 3.38. The molecule has 0 unspecified atom stereocenters. The molecule has 0 bridgehead atoms. The summed E-state index contributed by atoms with van der Waals surface area (Å²) in [5.41, 5.74) is 2.76. The van der Waals surface area contributed by atoms with Gasteiger partial charge >= 0.3 is 0 Å². The van der Waals surface area contributed by atoms with Gasteiger partial charge in [0.15, 0.2) is 11.5 Å². The Morgan fingerprint density at radius 3 is 2.36 bits per heavy atom. The maximum Gasteiger partial charge on any atom is 0.249 e. The maximum absolute atomic E-state index is 13.6. The second-order valence-corrected chi connectivity index (χ2v) is 8.42. The first-order valence-electron chi connectivity index (χ1n) is 10.3. The third kappa shape index (κ3) is 4.54. The van der Waals surface area contributed by atoms with Gasteiger partial charge in [-0.15, -0.1) is 0 Å². The summed E-state index contributed by atoms with van der Waals surface area (Å²) in [6.45, 7) is 0.439. The van der Waals surface area contributed by atoms with Crippen molar-refractivity contribution in [3.63, 3.8) is 0 Å². The van der Waals surface area contributed by atoms with Gasteiger partial charge in [0.1, 0.15) is 6.54 Å². The van der Waals surface area contributed by atoms with E-state index in [2.05, 4.69) is 37.7 Å². The number of rotatable bonds is 8. The molecule has 33 heavy (non-hydrogen) atoms. The van der Waals surface area contributed by atoms with Crippen LogP contribution in [0.15, 0.2) is 59.5 Å². The van der Waals surface area contributed by atoms with Crippen molar-refractivity contribution in [3.8, 4) is 17.2 Å². The van der Waals surface area contributed by atoms with Crippen LogP contribution in [0.3, 0.4) is 0 Å². The van der Waals surface area contributed by atoms with Crippen LogP contribution in [0, 0.1) is 0 Å². The van der Waals surface area contributed by atoms with E-state index in [0.717, 1.165) is 20.9 Å². The maximum atomic E-state index is 13.6. The molecule has 0 aliphatic rings. The number of hydrogen-bond donors (Lipinski definition) is 0. The van der Waals surface area contributed by atoms with Crippen LogP contribution in [-0.4, -0.2) is 41.6 Å². The number of carbonyl (C=O) groups excluding carboxylic acids is 1. The van der Waals surface area contributed by atoms with Crippen LogP contribution in [-0.2, 0) is 24.9 Å². The summed E-state index contributed by atoms with van der Waals surface area (Å²) in [6.07, 6.45) is 5.47. The van der Waals surface area contributed by atoms with E-state index in [-0.39, 0.29) is 12.5 Å². The van der Waals surface area contributed by atoms with E-state index in [1.54, 1.807) is 55.4 Å². The van der Waals surface area contributed by atoms with Crippen molar-refractivity contribution >= 4 is 38.4 Å². The molecule has 2 aromatic heterocycles. The zero-order valence-corrected chi connectivity index (χ0v) is 20.5. The van der Waals surface area contributed by atoms with Gasteiger partial charge in [-0.25, -0.2) is 0 Å². The molecular formula is C24H25BrN4O4. The van der Waals surface area contributed by atoms with Gasteiger partial charge in [-0.05, 0) is 27.6 Å². The highest BCUT2D eigenvalue weighted by molar-refractivity contribution is 9.10. The lowest BCUT2D eigenvalue weighted by Crippen LogP contribution is -2.33. The van der Waals surface area contributed by atoms with E-state index in [4.69, 9.17) is 14.2 Å². The first-order valence-corrected chi connectivity index (χ1v) is 11.1. The minimum Gasteiger partial charge on any atom is -0.493 e. The lowest BCUT2D eigenvalue weighted by molar-refractivity contribution is -0.119. The second-order valence-electron chi connectivity index (χ2n) is 7.50. The van der Waals surface area contributed by atoms with Gasteiger partial charge in [0.25, 0.3) is 0 Å². The summed E-state index contributed by atoms with van der Waals surface area (Å²) in [4.78, 5) is 15.3. The van der Waals surface area contributed by atoms with Gasteiger partial charge in [-0.2, -0.15) is 5.10 Å². The van der Waals surface area contributed by atoms with E-state index < -0.39 is 0 Å².